The fourth-order valence-electron chi connectivity index (χ4n) is 4.93. The van der Waals surface area contributed by atoms with E-state index in [1.165, 1.54) is 0 Å². The Balaban J connectivity index is 1.61. The lowest BCUT2D eigenvalue weighted by Crippen LogP contribution is -2.53. The summed E-state index contributed by atoms with van der Waals surface area (Å²) in [6, 6.07) is 20.5. The van der Waals surface area contributed by atoms with Crippen molar-refractivity contribution in [3.05, 3.63) is 98.5 Å². The standard InChI is InChI=1S/C31H34BrClN2O3/c1-21-16-27(17-22(2)30(21)32)38-20-29(36)35(19-24-12-14-25(33)15-13-24)28(18-23-8-4-3-5-9-23)31(37)34-26-10-6-7-11-26/h3-5,8-9,12-17,26,28H,6-7,10-11,18-20H2,1-2H3,(H,34,37). The average molecular weight is 598 g/mol. The highest BCUT2D eigenvalue weighted by Crippen LogP contribution is 2.27. The normalized spacial score (nSPS) is 14.2. The van der Waals surface area contributed by atoms with Crippen LogP contribution in [0.1, 0.15) is 47.9 Å². The van der Waals surface area contributed by atoms with E-state index in [0.29, 0.717) is 17.2 Å². The first-order valence-corrected chi connectivity index (χ1v) is 14.2. The molecule has 0 aromatic heterocycles. The van der Waals surface area contributed by atoms with Crippen molar-refractivity contribution < 1.29 is 14.3 Å². The third kappa shape index (κ3) is 7.61. The van der Waals surface area contributed by atoms with Crippen molar-refractivity contribution in [2.75, 3.05) is 6.61 Å². The average Bonchev–Trinajstić information content (AvgIpc) is 3.42. The molecule has 1 aliphatic rings. The molecule has 1 atom stereocenters. The summed E-state index contributed by atoms with van der Waals surface area (Å²) in [5.74, 6) is 0.247. The lowest BCUT2D eigenvalue weighted by molar-refractivity contribution is -0.143. The van der Waals surface area contributed by atoms with Gasteiger partial charge >= 0.3 is 0 Å². The molecular weight excluding hydrogens is 564 g/mol. The highest BCUT2D eigenvalue weighted by molar-refractivity contribution is 9.10. The molecule has 1 aliphatic carbocycles. The number of benzene rings is 3. The number of aryl methyl sites for hydroxylation is 2. The molecule has 4 rings (SSSR count). The van der Waals surface area contributed by atoms with Crippen molar-refractivity contribution in [2.24, 2.45) is 0 Å². The van der Waals surface area contributed by atoms with Crippen LogP contribution in [0.5, 0.6) is 5.75 Å². The van der Waals surface area contributed by atoms with Crippen molar-refractivity contribution in [2.45, 2.75) is 64.6 Å². The summed E-state index contributed by atoms with van der Waals surface area (Å²) < 4.78 is 6.99. The van der Waals surface area contributed by atoms with Crippen LogP contribution in [0.3, 0.4) is 0 Å². The highest BCUT2D eigenvalue weighted by atomic mass is 79.9. The Kier molecular flexibility index (Phi) is 9.86. The predicted molar refractivity (Wildman–Crippen MR) is 155 cm³/mol. The van der Waals surface area contributed by atoms with Crippen LogP contribution in [-0.4, -0.2) is 35.4 Å². The van der Waals surface area contributed by atoms with Gasteiger partial charge in [-0.15, -0.1) is 0 Å². The summed E-state index contributed by atoms with van der Waals surface area (Å²) in [7, 11) is 0. The number of carbonyl (C=O) groups is 2. The number of rotatable bonds is 10. The van der Waals surface area contributed by atoms with E-state index in [9.17, 15) is 9.59 Å². The van der Waals surface area contributed by atoms with Crippen LogP contribution in [0, 0.1) is 13.8 Å². The second kappa shape index (κ2) is 13.3. The zero-order valence-electron chi connectivity index (χ0n) is 21.9. The van der Waals surface area contributed by atoms with Gasteiger partial charge in [0.1, 0.15) is 11.8 Å². The maximum absolute atomic E-state index is 13.8. The Labute approximate surface area is 238 Å². The van der Waals surface area contributed by atoms with Crippen LogP contribution < -0.4 is 10.1 Å². The maximum Gasteiger partial charge on any atom is 0.261 e. The SMILES string of the molecule is Cc1cc(OCC(=O)N(Cc2ccc(Cl)cc2)C(Cc2ccccc2)C(=O)NC2CCCC2)cc(C)c1Br. The van der Waals surface area contributed by atoms with Gasteiger partial charge in [-0.1, -0.05) is 82.8 Å². The van der Waals surface area contributed by atoms with Crippen molar-refractivity contribution >= 4 is 39.3 Å². The smallest absolute Gasteiger partial charge is 0.261 e. The molecule has 200 valence electrons. The molecule has 1 N–H and O–H groups in total. The molecule has 0 radical (unpaired) electrons. The molecule has 0 aliphatic heterocycles. The van der Waals surface area contributed by atoms with Crippen LogP contribution in [0.15, 0.2) is 71.2 Å². The third-order valence-electron chi connectivity index (χ3n) is 7.01. The summed E-state index contributed by atoms with van der Waals surface area (Å²) >= 11 is 9.69. The molecular formula is C31H34BrClN2O3. The van der Waals surface area contributed by atoms with E-state index in [0.717, 1.165) is 52.4 Å². The maximum atomic E-state index is 13.8. The fourth-order valence-corrected chi connectivity index (χ4v) is 5.28. The molecule has 1 fully saturated rings. The second-order valence-corrected chi connectivity index (χ2v) is 11.2. The Bertz CT molecular complexity index is 1220. The van der Waals surface area contributed by atoms with Gasteiger partial charge in [-0.3, -0.25) is 9.59 Å². The lowest BCUT2D eigenvalue weighted by atomic mass is 10.0. The number of hydrogen-bond donors (Lipinski definition) is 1. The van der Waals surface area contributed by atoms with Gasteiger partial charge in [-0.2, -0.15) is 0 Å². The quantitative estimate of drug-likeness (QED) is 0.280. The van der Waals surface area contributed by atoms with Crippen molar-refractivity contribution in [1.82, 2.24) is 10.2 Å². The molecule has 7 heteroatoms. The summed E-state index contributed by atoms with van der Waals surface area (Å²) in [4.78, 5) is 29.2. The van der Waals surface area contributed by atoms with Crippen LogP contribution in [-0.2, 0) is 22.6 Å². The highest BCUT2D eigenvalue weighted by Gasteiger charge is 2.32. The Morgan fingerprint density at radius 1 is 1.00 bits per heavy atom. The molecule has 1 saturated carbocycles. The zero-order valence-corrected chi connectivity index (χ0v) is 24.2. The molecule has 38 heavy (non-hydrogen) atoms. The number of hydrogen-bond acceptors (Lipinski definition) is 3. The van der Waals surface area contributed by atoms with E-state index in [1.54, 1.807) is 17.0 Å². The number of amides is 2. The molecule has 0 bridgehead atoms. The first-order chi connectivity index (χ1) is 18.3. The molecule has 1 unspecified atom stereocenters. The molecule has 3 aromatic carbocycles. The van der Waals surface area contributed by atoms with Gasteiger partial charge in [0.25, 0.3) is 5.91 Å². The van der Waals surface area contributed by atoms with Gasteiger partial charge in [0, 0.05) is 28.5 Å². The topological polar surface area (TPSA) is 58.6 Å². The number of nitrogens with one attached hydrogen (secondary N) is 1. The summed E-state index contributed by atoms with van der Waals surface area (Å²) in [6.07, 6.45) is 4.58. The Morgan fingerprint density at radius 3 is 2.26 bits per heavy atom. The van der Waals surface area contributed by atoms with Gasteiger partial charge in [0.15, 0.2) is 6.61 Å². The summed E-state index contributed by atoms with van der Waals surface area (Å²) in [5.41, 5.74) is 3.95. The summed E-state index contributed by atoms with van der Waals surface area (Å²) in [5, 5.41) is 3.85. The Morgan fingerprint density at radius 2 is 1.63 bits per heavy atom. The van der Waals surface area contributed by atoms with Gasteiger partial charge in [-0.25, -0.2) is 0 Å². The van der Waals surface area contributed by atoms with E-state index in [1.807, 2.05) is 68.4 Å². The van der Waals surface area contributed by atoms with Crippen LogP contribution in [0.2, 0.25) is 5.02 Å². The van der Waals surface area contributed by atoms with E-state index in [4.69, 9.17) is 16.3 Å². The van der Waals surface area contributed by atoms with Crippen molar-refractivity contribution in [1.29, 1.82) is 0 Å². The fraction of sp³-hybridized carbons (Fsp3) is 0.355. The first kappa shape index (κ1) is 28.2. The minimum atomic E-state index is -0.682. The molecule has 0 spiro atoms. The number of ether oxygens (including phenoxy) is 1. The van der Waals surface area contributed by atoms with E-state index >= 15 is 0 Å². The van der Waals surface area contributed by atoms with Gasteiger partial charge < -0.3 is 15.0 Å². The number of halogens is 2. The predicted octanol–water partition coefficient (Wildman–Crippen LogP) is 6.80. The third-order valence-corrected chi connectivity index (χ3v) is 8.51. The van der Waals surface area contributed by atoms with Crippen molar-refractivity contribution in [3.8, 4) is 5.75 Å². The first-order valence-electron chi connectivity index (χ1n) is 13.1. The largest absolute Gasteiger partial charge is 0.484 e. The van der Waals surface area contributed by atoms with Crippen LogP contribution in [0.25, 0.3) is 0 Å². The van der Waals surface area contributed by atoms with Gasteiger partial charge in [0.2, 0.25) is 5.91 Å². The lowest BCUT2D eigenvalue weighted by Gasteiger charge is -2.32. The number of carbonyl (C=O) groups excluding carboxylic acids is 2. The zero-order chi connectivity index (χ0) is 27.1. The van der Waals surface area contributed by atoms with E-state index < -0.39 is 6.04 Å². The minimum absolute atomic E-state index is 0.126. The molecule has 0 heterocycles. The minimum Gasteiger partial charge on any atom is -0.484 e. The summed E-state index contributed by atoms with van der Waals surface area (Å²) in [6.45, 7) is 4.08. The number of nitrogens with zero attached hydrogens (tertiary/aromatic N) is 1. The van der Waals surface area contributed by atoms with Crippen molar-refractivity contribution in [3.63, 3.8) is 0 Å². The van der Waals surface area contributed by atoms with Crippen LogP contribution in [0.4, 0.5) is 0 Å². The molecule has 3 aromatic rings. The molecule has 2 amide bonds. The molecule has 5 nitrogen and oxygen atoms in total. The van der Waals surface area contributed by atoms with E-state index in [2.05, 4.69) is 21.2 Å². The van der Waals surface area contributed by atoms with Gasteiger partial charge in [-0.05, 0) is 73.2 Å². The van der Waals surface area contributed by atoms with E-state index in [-0.39, 0.29) is 31.0 Å². The van der Waals surface area contributed by atoms with Gasteiger partial charge in [0.05, 0.1) is 0 Å². The Hall–Kier alpha value is -2.83. The molecule has 0 saturated heterocycles. The van der Waals surface area contributed by atoms with Crippen LogP contribution >= 0.6 is 27.5 Å². The second-order valence-electron chi connectivity index (χ2n) is 10.0. The monoisotopic (exact) mass is 596 g/mol.